The molecule has 0 saturated carbocycles. The summed E-state index contributed by atoms with van der Waals surface area (Å²) >= 11 is 0. The Morgan fingerprint density at radius 1 is 1.23 bits per heavy atom. The molecule has 30 heavy (non-hydrogen) atoms. The number of fused-ring (bicyclic) bond motifs is 4. The molecule has 1 amide bonds. The standard InChI is InChI=1S/C23H19N5O2/c1-14-19-21(27-26-14)30-20(25)17(13-24)23(19)16-9-5-6-10-18(16)28(22(23)29)12-11-15-7-3-2-4-8-15/h2-10,17,25H,11-12H2,1H3,(H,26,27). The molecule has 2 N–H and O–H groups in total. The first-order valence-corrected chi connectivity index (χ1v) is 9.75. The quantitative estimate of drug-likeness (QED) is 0.708. The molecule has 2 aliphatic heterocycles. The molecule has 0 fully saturated rings. The molecular weight excluding hydrogens is 378 g/mol. The Morgan fingerprint density at radius 3 is 2.73 bits per heavy atom. The van der Waals surface area contributed by atoms with Crippen LogP contribution in [0.25, 0.3) is 0 Å². The molecule has 5 rings (SSSR count). The van der Waals surface area contributed by atoms with Crippen LogP contribution in [0.1, 0.15) is 22.4 Å². The number of rotatable bonds is 3. The predicted octanol–water partition coefficient (Wildman–Crippen LogP) is 3.10. The highest BCUT2D eigenvalue weighted by Crippen LogP contribution is 2.55. The van der Waals surface area contributed by atoms with Gasteiger partial charge in [-0.3, -0.25) is 15.3 Å². The van der Waals surface area contributed by atoms with Crippen LogP contribution in [-0.4, -0.2) is 28.5 Å². The van der Waals surface area contributed by atoms with E-state index in [4.69, 9.17) is 10.1 Å². The average molecular weight is 397 g/mol. The maximum absolute atomic E-state index is 14.1. The number of hydrogen-bond acceptors (Lipinski definition) is 5. The number of anilines is 1. The summed E-state index contributed by atoms with van der Waals surface area (Å²) in [6, 6.07) is 19.7. The fourth-order valence-electron chi connectivity index (χ4n) is 4.71. The van der Waals surface area contributed by atoms with Gasteiger partial charge in [0, 0.05) is 17.9 Å². The largest absolute Gasteiger partial charge is 0.422 e. The second kappa shape index (κ2) is 6.56. The minimum atomic E-state index is -1.34. The SMILES string of the molecule is Cc1[nH]nc2c1C1(C(=O)N(CCc3ccccc3)c3ccccc31)C(C#N)C(=N)O2. The first-order valence-electron chi connectivity index (χ1n) is 9.75. The van der Waals surface area contributed by atoms with Crippen molar-refractivity contribution in [1.29, 1.82) is 10.7 Å². The van der Waals surface area contributed by atoms with Gasteiger partial charge < -0.3 is 9.64 Å². The van der Waals surface area contributed by atoms with Crippen molar-refractivity contribution in [2.75, 3.05) is 11.4 Å². The van der Waals surface area contributed by atoms with Crippen LogP contribution >= 0.6 is 0 Å². The summed E-state index contributed by atoms with van der Waals surface area (Å²) in [7, 11) is 0. The summed E-state index contributed by atoms with van der Waals surface area (Å²) in [5.74, 6) is -1.36. The highest BCUT2D eigenvalue weighted by Gasteiger charge is 2.63. The minimum Gasteiger partial charge on any atom is -0.422 e. The average Bonchev–Trinajstić information content (AvgIpc) is 3.24. The van der Waals surface area contributed by atoms with Crippen molar-refractivity contribution in [3.05, 3.63) is 77.0 Å². The monoisotopic (exact) mass is 397 g/mol. The Balaban J connectivity index is 1.69. The number of nitriles is 1. The van der Waals surface area contributed by atoms with E-state index in [1.807, 2.05) is 61.5 Å². The molecule has 7 nitrogen and oxygen atoms in total. The van der Waals surface area contributed by atoms with E-state index in [2.05, 4.69) is 16.3 Å². The van der Waals surface area contributed by atoms with Gasteiger partial charge in [-0.05, 0) is 30.5 Å². The Kier molecular flexibility index (Phi) is 3.97. The first-order chi connectivity index (χ1) is 14.6. The number of amides is 1. The predicted molar refractivity (Wildman–Crippen MR) is 111 cm³/mol. The Hall–Kier alpha value is -3.92. The number of aromatic nitrogens is 2. The smallest absolute Gasteiger partial charge is 0.244 e. The molecule has 0 saturated heterocycles. The van der Waals surface area contributed by atoms with Gasteiger partial charge in [0.25, 0.3) is 0 Å². The van der Waals surface area contributed by atoms with Gasteiger partial charge in [-0.1, -0.05) is 48.5 Å². The number of benzene rings is 2. The summed E-state index contributed by atoms with van der Waals surface area (Å²) in [6.45, 7) is 2.28. The fraction of sp³-hybridized carbons (Fsp3) is 0.217. The minimum absolute atomic E-state index is 0.192. The van der Waals surface area contributed by atoms with E-state index in [0.29, 0.717) is 29.8 Å². The van der Waals surface area contributed by atoms with Gasteiger partial charge >= 0.3 is 0 Å². The summed E-state index contributed by atoms with van der Waals surface area (Å²) in [5.41, 5.74) is 2.47. The number of carbonyl (C=O) groups is 1. The Labute approximate surface area is 173 Å². The number of nitrogens with zero attached hydrogens (tertiary/aromatic N) is 3. The molecule has 2 aromatic carbocycles. The Bertz CT molecular complexity index is 1210. The van der Waals surface area contributed by atoms with Crippen molar-refractivity contribution in [1.82, 2.24) is 10.2 Å². The van der Waals surface area contributed by atoms with Crippen molar-refractivity contribution in [3.63, 3.8) is 0 Å². The lowest BCUT2D eigenvalue weighted by atomic mass is 9.65. The third kappa shape index (κ3) is 2.28. The fourth-order valence-corrected chi connectivity index (χ4v) is 4.71. The lowest BCUT2D eigenvalue weighted by molar-refractivity contribution is -0.122. The van der Waals surface area contributed by atoms with E-state index < -0.39 is 11.3 Å². The third-order valence-corrected chi connectivity index (χ3v) is 6.01. The van der Waals surface area contributed by atoms with Crippen LogP contribution < -0.4 is 9.64 Å². The normalized spacial score (nSPS) is 21.9. The van der Waals surface area contributed by atoms with E-state index in [0.717, 1.165) is 11.3 Å². The van der Waals surface area contributed by atoms with E-state index in [9.17, 15) is 10.1 Å². The molecule has 1 aromatic heterocycles. The van der Waals surface area contributed by atoms with Gasteiger partial charge in [0.15, 0.2) is 0 Å². The summed E-state index contributed by atoms with van der Waals surface area (Å²) in [5, 5.41) is 25.4. The number of ether oxygens (including phenoxy) is 1. The zero-order valence-corrected chi connectivity index (χ0v) is 16.3. The zero-order chi connectivity index (χ0) is 20.9. The molecule has 0 aliphatic carbocycles. The molecule has 2 unspecified atom stereocenters. The number of H-pyrrole nitrogens is 1. The van der Waals surface area contributed by atoms with E-state index in [1.165, 1.54) is 0 Å². The second-order valence-corrected chi connectivity index (χ2v) is 7.57. The third-order valence-electron chi connectivity index (χ3n) is 6.01. The van der Waals surface area contributed by atoms with Crippen molar-refractivity contribution < 1.29 is 9.53 Å². The van der Waals surface area contributed by atoms with Gasteiger partial charge in [-0.15, -0.1) is 5.10 Å². The zero-order valence-electron chi connectivity index (χ0n) is 16.3. The van der Waals surface area contributed by atoms with Crippen molar-refractivity contribution in [2.24, 2.45) is 5.92 Å². The Morgan fingerprint density at radius 2 is 1.97 bits per heavy atom. The molecule has 0 radical (unpaired) electrons. The number of carbonyl (C=O) groups excluding carboxylic acids is 1. The molecule has 3 heterocycles. The lowest BCUT2D eigenvalue weighted by Crippen LogP contribution is -2.52. The van der Waals surface area contributed by atoms with Crippen LogP contribution in [0, 0.1) is 29.6 Å². The maximum Gasteiger partial charge on any atom is 0.244 e. The van der Waals surface area contributed by atoms with Gasteiger partial charge in [0.2, 0.25) is 17.7 Å². The van der Waals surface area contributed by atoms with E-state index in [1.54, 1.807) is 4.90 Å². The number of aryl methyl sites for hydroxylation is 1. The maximum atomic E-state index is 14.1. The molecule has 2 atom stereocenters. The summed E-state index contributed by atoms with van der Waals surface area (Å²) in [4.78, 5) is 15.8. The molecule has 3 aromatic rings. The lowest BCUT2D eigenvalue weighted by Gasteiger charge is -2.36. The highest BCUT2D eigenvalue weighted by atomic mass is 16.5. The molecule has 0 bridgehead atoms. The molecule has 148 valence electrons. The number of aromatic amines is 1. The summed E-state index contributed by atoms with van der Waals surface area (Å²) < 4.78 is 5.52. The van der Waals surface area contributed by atoms with Crippen LogP contribution in [0.4, 0.5) is 5.69 Å². The van der Waals surface area contributed by atoms with Gasteiger partial charge in [-0.2, -0.15) is 5.26 Å². The molecule has 7 heteroatoms. The molecular formula is C23H19N5O2. The first kappa shape index (κ1) is 18.1. The topological polar surface area (TPSA) is 106 Å². The van der Waals surface area contributed by atoms with Crippen molar-refractivity contribution in [2.45, 2.75) is 18.8 Å². The van der Waals surface area contributed by atoms with Gasteiger partial charge in [0.1, 0.15) is 11.3 Å². The van der Waals surface area contributed by atoms with E-state index in [-0.39, 0.29) is 17.7 Å². The highest BCUT2D eigenvalue weighted by molar-refractivity contribution is 6.14. The van der Waals surface area contributed by atoms with Crippen molar-refractivity contribution >= 4 is 17.5 Å². The van der Waals surface area contributed by atoms with Gasteiger partial charge in [-0.25, -0.2) is 0 Å². The van der Waals surface area contributed by atoms with Crippen LogP contribution in [0.15, 0.2) is 54.6 Å². The van der Waals surface area contributed by atoms with Crippen LogP contribution in [-0.2, 0) is 16.6 Å². The summed E-state index contributed by atoms with van der Waals surface area (Å²) in [6.07, 6.45) is 0.680. The number of nitrogens with one attached hydrogen (secondary N) is 2. The molecule has 2 aliphatic rings. The van der Waals surface area contributed by atoms with Crippen LogP contribution in [0.3, 0.4) is 0 Å². The van der Waals surface area contributed by atoms with Crippen molar-refractivity contribution in [3.8, 4) is 11.9 Å². The second-order valence-electron chi connectivity index (χ2n) is 7.57. The molecule has 1 spiro atoms. The van der Waals surface area contributed by atoms with Crippen LogP contribution in [0.2, 0.25) is 0 Å². The number of para-hydroxylation sites is 1. The van der Waals surface area contributed by atoms with Gasteiger partial charge in [0.05, 0.1) is 11.6 Å². The number of hydrogen-bond donors (Lipinski definition) is 2. The van der Waals surface area contributed by atoms with E-state index >= 15 is 0 Å². The van der Waals surface area contributed by atoms with Crippen LogP contribution in [0.5, 0.6) is 5.88 Å².